The Balaban J connectivity index is 2.21. The molecular weight excluding hydrogens is 500 g/mol. The molecule has 0 aromatic heterocycles. The molecular formula is C31H38O8. The maximum atomic E-state index is 14.1. The molecule has 0 bridgehead atoms. The van der Waals surface area contributed by atoms with E-state index in [0.717, 1.165) is 0 Å². The van der Waals surface area contributed by atoms with Crippen LogP contribution in [0.2, 0.25) is 0 Å². The van der Waals surface area contributed by atoms with Crippen LogP contribution in [0.4, 0.5) is 0 Å². The molecule has 2 aliphatic rings. The largest absolute Gasteiger partial charge is 0.458 e. The molecule has 210 valence electrons. The molecule has 0 amide bonds. The Morgan fingerprint density at radius 3 is 2.18 bits per heavy atom. The fraction of sp³-hybridized carbons (Fsp3) is 0.516. The molecule has 0 radical (unpaired) electrons. The van der Waals surface area contributed by atoms with Crippen molar-refractivity contribution in [2.24, 2.45) is 23.2 Å². The van der Waals surface area contributed by atoms with Gasteiger partial charge in [-0.25, -0.2) is 4.79 Å². The fourth-order valence-corrected chi connectivity index (χ4v) is 5.48. The van der Waals surface area contributed by atoms with E-state index in [1.807, 2.05) is 6.92 Å². The summed E-state index contributed by atoms with van der Waals surface area (Å²) in [4.78, 5) is 64.9. The molecule has 0 N–H and O–H groups in total. The van der Waals surface area contributed by atoms with Gasteiger partial charge in [0, 0.05) is 38.0 Å². The van der Waals surface area contributed by atoms with Gasteiger partial charge in [-0.2, -0.15) is 0 Å². The third-order valence-electron chi connectivity index (χ3n) is 7.64. The van der Waals surface area contributed by atoms with Crippen molar-refractivity contribution in [1.82, 2.24) is 0 Å². The minimum absolute atomic E-state index is 0.0844. The molecule has 1 fully saturated rings. The molecule has 1 aromatic rings. The third kappa shape index (κ3) is 6.54. The number of esters is 3. The van der Waals surface area contributed by atoms with Crippen LogP contribution in [0.5, 0.6) is 0 Å². The predicted molar refractivity (Wildman–Crippen MR) is 143 cm³/mol. The first-order valence-electron chi connectivity index (χ1n) is 13.3. The molecule has 1 saturated carbocycles. The first-order valence-corrected chi connectivity index (χ1v) is 13.3. The average Bonchev–Trinajstić information content (AvgIpc) is 3.11. The van der Waals surface area contributed by atoms with E-state index in [4.69, 9.17) is 14.2 Å². The van der Waals surface area contributed by atoms with Crippen molar-refractivity contribution in [2.75, 3.05) is 0 Å². The van der Waals surface area contributed by atoms with E-state index in [-0.39, 0.29) is 30.3 Å². The minimum atomic E-state index is -1.63. The monoisotopic (exact) mass is 538 g/mol. The zero-order chi connectivity index (χ0) is 29.1. The van der Waals surface area contributed by atoms with Crippen molar-refractivity contribution in [1.29, 1.82) is 0 Å². The van der Waals surface area contributed by atoms with Crippen LogP contribution in [0.3, 0.4) is 0 Å². The average molecular weight is 539 g/mol. The lowest BCUT2D eigenvalue weighted by Crippen LogP contribution is -2.50. The van der Waals surface area contributed by atoms with Gasteiger partial charge < -0.3 is 14.2 Å². The minimum Gasteiger partial charge on any atom is -0.458 e. The highest BCUT2D eigenvalue weighted by molar-refractivity contribution is 5.94. The van der Waals surface area contributed by atoms with Crippen LogP contribution in [0, 0.1) is 23.2 Å². The summed E-state index contributed by atoms with van der Waals surface area (Å²) in [5.74, 6) is -4.25. The number of fused-ring (bicyclic) bond motifs is 1. The Morgan fingerprint density at radius 1 is 0.949 bits per heavy atom. The van der Waals surface area contributed by atoms with Crippen molar-refractivity contribution < 1.29 is 38.2 Å². The number of benzene rings is 1. The number of carbonyl (C=O) groups excluding carboxylic acids is 5. The zero-order valence-corrected chi connectivity index (χ0v) is 23.7. The molecule has 39 heavy (non-hydrogen) atoms. The van der Waals surface area contributed by atoms with Crippen molar-refractivity contribution in [3.05, 3.63) is 59.7 Å². The van der Waals surface area contributed by atoms with Crippen molar-refractivity contribution in [2.45, 2.75) is 79.1 Å². The highest BCUT2D eigenvalue weighted by Gasteiger charge is 2.60. The van der Waals surface area contributed by atoms with Gasteiger partial charge in [0.2, 0.25) is 0 Å². The maximum absolute atomic E-state index is 14.1. The Morgan fingerprint density at radius 2 is 1.59 bits per heavy atom. The molecule has 0 spiro atoms. The number of hydrogen-bond donors (Lipinski definition) is 0. The van der Waals surface area contributed by atoms with Crippen molar-refractivity contribution in [3.8, 4) is 0 Å². The van der Waals surface area contributed by atoms with E-state index in [1.54, 1.807) is 76.3 Å². The SMILES string of the molecule is CC(=O)O[C@@H]1CC(=O)C(C)(C)C=C[C@@H](C)C(=O)[C@]2(OC(C)=O)C[C@H](C)[C@H](OC(=O)c3ccccc3)[C@@H]2C=C1C. The van der Waals surface area contributed by atoms with Crippen LogP contribution >= 0.6 is 0 Å². The summed E-state index contributed by atoms with van der Waals surface area (Å²) in [5.41, 5.74) is -1.73. The van der Waals surface area contributed by atoms with Gasteiger partial charge in [-0.3, -0.25) is 19.2 Å². The Kier molecular flexibility index (Phi) is 8.98. The summed E-state index contributed by atoms with van der Waals surface area (Å²) in [5, 5.41) is 0. The summed E-state index contributed by atoms with van der Waals surface area (Å²) in [7, 11) is 0. The molecule has 8 nitrogen and oxygen atoms in total. The highest BCUT2D eigenvalue weighted by Crippen LogP contribution is 2.48. The first-order chi connectivity index (χ1) is 18.2. The Bertz CT molecular complexity index is 1190. The molecule has 0 heterocycles. The van der Waals surface area contributed by atoms with Gasteiger partial charge in [-0.1, -0.05) is 50.3 Å². The number of allylic oxidation sites excluding steroid dienone is 2. The van der Waals surface area contributed by atoms with Crippen LogP contribution in [-0.2, 0) is 33.4 Å². The number of rotatable bonds is 4. The molecule has 3 rings (SSSR count). The molecule has 6 atom stereocenters. The van der Waals surface area contributed by atoms with E-state index < -0.39 is 53.0 Å². The van der Waals surface area contributed by atoms with Gasteiger partial charge in [0.25, 0.3) is 0 Å². The van der Waals surface area contributed by atoms with Gasteiger partial charge in [-0.05, 0) is 44.4 Å². The van der Waals surface area contributed by atoms with E-state index >= 15 is 0 Å². The number of hydrogen-bond acceptors (Lipinski definition) is 8. The topological polar surface area (TPSA) is 113 Å². The second-order valence-electron chi connectivity index (χ2n) is 11.3. The van der Waals surface area contributed by atoms with Gasteiger partial charge in [0.05, 0.1) is 11.5 Å². The van der Waals surface area contributed by atoms with Gasteiger partial charge in [0.1, 0.15) is 18.0 Å². The molecule has 1 aromatic carbocycles. The summed E-state index contributed by atoms with van der Waals surface area (Å²) in [6.45, 7) is 11.2. The van der Waals surface area contributed by atoms with Gasteiger partial charge in [-0.15, -0.1) is 0 Å². The summed E-state index contributed by atoms with van der Waals surface area (Å²) < 4.78 is 17.4. The third-order valence-corrected chi connectivity index (χ3v) is 7.64. The van der Waals surface area contributed by atoms with E-state index in [9.17, 15) is 24.0 Å². The number of ether oxygens (including phenoxy) is 3. The molecule has 2 aliphatic carbocycles. The summed E-state index contributed by atoms with van der Waals surface area (Å²) in [6.07, 6.45) is 3.30. The number of Topliss-reactive ketones (excluding diaryl/α,β-unsaturated/α-hetero) is 2. The van der Waals surface area contributed by atoms with E-state index in [1.165, 1.54) is 13.8 Å². The fourth-order valence-electron chi connectivity index (χ4n) is 5.48. The molecule has 0 aliphatic heterocycles. The van der Waals surface area contributed by atoms with Gasteiger partial charge >= 0.3 is 17.9 Å². The van der Waals surface area contributed by atoms with E-state index in [0.29, 0.717) is 11.1 Å². The maximum Gasteiger partial charge on any atom is 0.338 e. The first kappa shape index (κ1) is 30.0. The highest BCUT2D eigenvalue weighted by atomic mass is 16.6. The standard InChI is InChI=1S/C31H38O8/c1-18-13-14-30(6,7)26(34)16-25(37-21(4)32)19(2)15-24-27(38-29(36)23-11-9-8-10-12-23)20(3)17-31(24,28(18)35)39-22(5)33/h8-15,18,20,24-25,27H,16-17H2,1-7H3/t18-,20+,24+,25-,27+,31+/m1/s1. The van der Waals surface area contributed by atoms with Crippen LogP contribution in [0.15, 0.2) is 54.1 Å². The van der Waals surface area contributed by atoms with Gasteiger partial charge in [0.15, 0.2) is 11.4 Å². The predicted octanol–water partition coefficient (Wildman–Crippen LogP) is 4.81. The number of carbonyl (C=O) groups is 5. The lowest BCUT2D eigenvalue weighted by Gasteiger charge is -2.36. The smallest absolute Gasteiger partial charge is 0.338 e. The molecule has 0 saturated heterocycles. The Hall–Kier alpha value is -3.55. The number of ketones is 2. The quantitative estimate of drug-likeness (QED) is 0.305. The van der Waals surface area contributed by atoms with E-state index in [2.05, 4.69) is 0 Å². The lowest BCUT2D eigenvalue weighted by molar-refractivity contribution is -0.171. The summed E-state index contributed by atoms with van der Waals surface area (Å²) >= 11 is 0. The zero-order valence-electron chi connectivity index (χ0n) is 23.7. The van der Waals surface area contributed by atoms with Crippen LogP contribution in [0.1, 0.15) is 71.7 Å². The lowest BCUT2D eigenvalue weighted by atomic mass is 9.76. The van der Waals surface area contributed by atoms with Crippen LogP contribution in [-0.4, -0.2) is 47.3 Å². The summed E-state index contributed by atoms with van der Waals surface area (Å²) in [6, 6.07) is 8.48. The van der Waals surface area contributed by atoms with Crippen molar-refractivity contribution in [3.63, 3.8) is 0 Å². The normalized spacial score (nSPS) is 30.7. The molecule has 8 heteroatoms. The second kappa shape index (κ2) is 11.7. The van der Waals surface area contributed by atoms with Crippen LogP contribution < -0.4 is 0 Å². The van der Waals surface area contributed by atoms with Crippen LogP contribution in [0.25, 0.3) is 0 Å². The second-order valence-corrected chi connectivity index (χ2v) is 11.3. The van der Waals surface area contributed by atoms with Crippen molar-refractivity contribution >= 4 is 29.5 Å². The molecule has 0 unspecified atom stereocenters. The Labute approximate surface area is 229 Å².